The maximum atomic E-state index is 12.4. The molecule has 6 nitrogen and oxygen atoms in total. The second-order valence-corrected chi connectivity index (χ2v) is 6.77. The fraction of sp³-hybridized carbons (Fsp3) is 0.333. The van der Waals surface area contributed by atoms with E-state index in [4.69, 9.17) is 0 Å². The number of hydrogen-bond donors (Lipinski definition) is 3. The van der Waals surface area contributed by atoms with Gasteiger partial charge in [-0.05, 0) is 67.9 Å². The average molecular weight is 366 g/mol. The summed E-state index contributed by atoms with van der Waals surface area (Å²) in [5.41, 5.74) is 3.21. The van der Waals surface area contributed by atoms with Crippen molar-refractivity contribution in [1.29, 1.82) is 0 Å². The molecule has 3 amide bonds. The van der Waals surface area contributed by atoms with E-state index in [0.29, 0.717) is 16.9 Å². The number of carbonyl (C=O) groups excluding carboxylic acids is 2. The van der Waals surface area contributed by atoms with Crippen molar-refractivity contribution < 1.29 is 9.59 Å². The van der Waals surface area contributed by atoms with Crippen molar-refractivity contribution >= 4 is 23.3 Å². The van der Waals surface area contributed by atoms with Crippen LogP contribution in [0.2, 0.25) is 0 Å². The van der Waals surface area contributed by atoms with Crippen LogP contribution >= 0.6 is 0 Å². The number of anilines is 2. The number of carbonyl (C=O) groups is 2. The van der Waals surface area contributed by atoms with Crippen LogP contribution in [0.3, 0.4) is 0 Å². The quantitative estimate of drug-likeness (QED) is 0.756. The summed E-state index contributed by atoms with van der Waals surface area (Å²) in [5.74, 6) is -0.147. The standard InChI is InChI=1S/C21H26N4O2/c1-22-21(27)24-19-11-9-18(10-12-19)23-20(26)17-7-5-16(6-8-17)15-25-13-3-2-4-14-25/h5-12H,2-4,13-15H2,1H3,(H,23,26)(H2,22,24,27). The van der Waals surface area contributed by atoms with Crippen LogP contribution < -0.4 is 16.0 Å². The molecular weight excluding hydrogens is 340 g/mol. The van der Waals surface area contributed by atoms with Crippen molar-refractivity contribution in [1.82, 2.24) is 10.2 Å². The number of piperidine rings is 1. The molecule has 2 aromatic rings. The molecule has 1 aliphatic heterocycles. The molecule has 0 spiro atoms. The lowest BCUT2D eigenvalue weighted by molar-refractivity contribution is 0.102. The molecule has 1 saturated heterocycles. The van der Waals surface area contributed by atoms with Gasteiger partial charge >= 0.3 is 6.03 Å². The van der Waals surface area contributed by atoms with Crippen LogP contribution in [-0.2, 0) is 6.54 Å². The predicted octanol–water partition coefficient (Wildman–Crippen LogP) is 3.68. The third kappa shape index (κ3) is 5.56. The number of nitrogens with zero attached hydrogens (tertiary/aromatic N) is 1. The fourth-order valence-electron chi connectivity index (χ4n) is 3.17. The monoisotopic (exact) mass is 366 g/mol. The number of benzene rings is 2. The van der Waals surface area contributed by atoms with Crippen LogP contribution in [0.1, 0.15) is 35.2 Å². The van der Waals surface area contributed by atoms with Gasteiger partial charge in [-0.3, -0.25) is 9.69 Å². The number of amides is 3. The van der Waals surface area contributed by atoms with Crippen molar-refractivity contribution in [2.75, 3.05) is 30.8 Å². The van der Waals surface area contributed by atoms with Crippen LogP contribution in [0, 0.1) is 0 Å². The van der Waals surface area contributed by atoms with Gasteiger partial charge in [-0.1, -0.05) is 18.6 Å². The lowest BCUT2D eigenvalue weighted by Crippen LogP contribution is -2.29. The molecule has 0 aliphatic carbocycles. The van der Waals surface area contributed by atoms with E-state index in [1.165, 1.54) is 24.8 Å². The summed E-state index contributed by atoms with van der Waals surface area (Å²) >= 11 is 0. The molecule has 0 radical (unpaired) electrons. The lowest BCUT2D eigenvalue weighted by atomic mass is 10.1. The van der Waals surface area contributed by atoms with E-state index in [2.05, 4.69) is 20.9 Å². The first-order chi connectivity index (χ1) is 13.1. The Bertz CT molecular complexity index is 766. The summed E-state index contributed by atoms with van der Waals surface area (Å²) in [6.45, 7) is 3.27. The Morgan fingerprint density at radius 2 is 1.44 bits per heavy atom. The Balaban J connectivity index is 1.55. The third-order valence-corrected chi connectivity index (χ3v) is 4.70. The minimum absolute atomic E-state index is 0.147. The molecule has 0 bridgehead atoms. The summed E-state index contributed by atoms with van der Waals surface area (Å²) in [4.78, 5) is 26.2. The number of urea groups is 1. The summed E-state index contributed by atoms with van der Waals surface area (Å²) in [6.07, 6.45) is 3.88. The van der Waals surface area contributed by atoms with Crippen LogP contribution in [0.5, 0.6) is 0 Å². The normalized spacial score (nSPS) is 14.4. The van der Waals surface area contributed by atoms with Gasteiger partial charge in [-0.15, -0.1) is 0 Å². The molecule has 6 heteroatoms. The highest BCUT2D eigenvalue weighted by atomic mass is 16.2. The van der Waals surface area contributed by atoms with Gasteiger partial charge in [0.25, 0.3) is 5.91 Å². The molecule has 2 aromatic carbocycles. The van der Waals surface area contributed by atoms with Crippen LogP contribution in [0.25, 0.3) is 0 Å². The zero-order valence-electron chi connectivity index (χ0n) is 15.6. The SMILES string of the molecule is CNC(=O)Nc1ccc(NC(=O)c2ccc(CN3CCCCC3)cc2)cc1. The van der Waals surface area contributed by atoms with Crippen molar-refractivity contribution in [2.45, 2.75) is 25.8 Å². The second-order valence-electron chi connectivity index (χ2n) is 6.77. The first kappa shape index (κ1) is 18.9. The van der Waals surface area contributed by atoms with E-state index >= 15 is 0 Å². The van der Waals surface area contributed by atoms with Gasteiger partial charge in [0.05, 0.1) is 0 Å². The van der Waals surface area contributed by atoms with Crippen LogP contribution in [0.15, 0.2) is 48.5 Å². The van der Waals surface area contributed by atoms with Gasteiger partial charge in [-0.25, -0.2) is 4.79 Å². The maximum absolute atomic E-state index is 12.4. The average Bonchev–Trinajstić information content (AvgIpc) is 2.70. The van der Waals surface area contributed by atoms with Gasteiger partial charge in [0, 0.05) is 30.5 Å². The highest BCUT2D eigenvalue weighted by Gasteiger charge is 2.11. The van der Waals surface area contributed by atoms with Crippen molar-refractivity contribution in [3.05, 3.63) is 59.7 Å². The van der Waals surface area contributed by atoms with E-state index in [1.54, 1.807) is 31.3 Å². The first-order valence-electron chi connectivity index (χ1n) is 9.35. The molecule has 0 aromatic heterocycles. The molecule has 0 saturated carbocycles. The molecule has 3 rings (SSSR count). The number of nitrogens with one attached hydrogen (secondary N) is 3. The van der Waals surface area contributed by atoms with E-state index in [-0.39, 0.29) is 11.9 Å². The van der Waals surface area contributed by atoms with Crippen molar-refractivity contribution in [3.8, 4) is 0 Å². The summed E-state index contributed by atoms with van der Waals surface area (Å²) < 4.78 is 0. The van der Waals surface area contributed by atoms with E-state index in [9.17, 15) is 9.59 Å². The van der Waals surface area contributed by atoms with Crippen LogP contribution in [0.4, 0.5) is 16.2 Å². The van der Waals surface area contributed by atoms with Crippen molar-refractivity contribution in [3.63, 3.8) is 0 Å². The van der Waals surface area contributed by atoms with Gasteiger partial charge in [0.15, 0.2) is 0 Å². The summed E-state index contributed by atoms with van der Waals surface area (Å²) in [5, 5.41) is 8.04. The van der Waals surface area contributed by atoms with Crippen molar-refractivity contribution in [2.24, 2.45) is 0 Å². The number of likely N-dealkylation sites (tertiary alicyclic amines) is 1. The maximum Gasteiger partial charge on any atom is 0.318 e. The topological polar surface area (TPSA) is 73.5 Å². The molecular formula is C21H26N4O2. The molecule has 1 fully saturated rings. The van der Waals surface area contributed by atoms with Crippen LogP contribution in [-0.4, -0.2) is 37.0 Å². The molecule has 27 heavy (non-hydrogen) atoms. The highest BCUT2D eigenvalue weighted by molar-refractivity contribution is 6.04. The van der Waals surface area contributed by atoms with E-state index in [1.807, 2.05) is 24.3 Å². The first-order valence-corrected chi connectivity index (χ1v) is 9.35. The van der Waals surface area contributed by atoms with E-state index in [0.717, 1.165) is 19.6 Å². The van der Waals surface area contributed by atoms with Gasteiger partial charge < -0.3 is 16.0 Å². The Morgan fingerprint density at radius 3 is 2.04 bits per heavy atom. The molecule has 0 atom stereocenters. The number of rotatable bonds is 5. The second kappa shape index (κ2) is 9.19. The summed E-state index contributed by atoms with van der Waals surface area (Å²) in [7, 11) is 1.56. The Hall–Kier alpha value is -2.86. The Labute approximate surface area is 159 Å². The minimum Gasteiger partial charge on any atom is -0.341 e. The fourth-order valence-corrected chi connectivity index (χ4v) is 3.17. The molecule has 1 aliphatic rings. The largest absolute Gasteiger partial charge is 0.341 e. The van der Waals surface area contributed by atoms with E-state index < -0.39 is 0 Å². The lowest BCUT2D eigenvalue weighted by Gasteiger charge is -2.26. The van der Waals surface area contributed by atoms with Gasteiger partial charge in [0.1, 0.15) is 0 Å². The van der Waals surface area contributed by atoms with Gasteiger partial charge in [-0.2, -0.15) is 0 Å². The predicted molar refractivity (Wildman–Crippen MR) is 108 cm³/mol. The Kier molecular flexibility index (Phi) is 6.44. The Morgan fingerprint density at radius 1 is 0.852 bits per heavy atom. The minimum atomic E-state index is -0.281. The zero-order valence-corrected chi connectivity index (χ0v) is 15.6. The summed E-state index contributed by atoms with van der Waals surface area (Å²) in [6, 6.07) is 14.5. The molecule has 0 unspecified atom stereocenters. The van der Waals surface area contributed by atoms with Gasteiger partial charge in [0.2, 0.25) is 0 Å². The smallest absolute Gasteiger partial charge is 0.318 e. The third-order valence-electron chi connectivity index (χ3n) is 4.70. The molecule has 1 heterocycles. The highest BCUT2D eigenvalue weighted by Crippen LogP contribution is 2.16. The molecule has 142 valence electrons. The molecule has 3 N–H and O–H groups in total. The number of hydrogen-bond acceptors (Lipinski definition) is 3. The zero-order chi connectivity index (χ0) is 19.1.